The van der Waals surface area contributed by atoms with Gasteiger partial charge in [-0.25, -0.2) is 4.99 Å². The van der Waals surface area contributed by atoms with E-state index in [2.05, 4.69) is 26.2 Å². The van der Waals surface area contributed by atoms with Crippen molar-refractivity contribution in [2.75, 3.05) is 13.7 Å². The zero-order chi connectivity index (χ0) is 17.0. The molecule has 0 aliphatic carbocycles. The molecule has 0 saturated carbocycles. The Morgan fingerprint density at radius 2 is 2.17 bits per heavy atom. The van der Waals surface area contributed by atoms with E-state index in [1.54, 1.807) is 19.1 Å². The second-order valence-electron chi connectivity index (χ2n) is 5.17. The second kappa shape index (κ2) is 7.49. The molecule has 1 aliphatic rings. The Bertz CT molecular complexity index is 620. The van der Waals surface area contributed by atoms with Gasteiger partial charge in [0, 0.05) is 10.0 Å². The first kappa shape index (κ1) is 18.0. The van der Waals surface area contributed by atoms with Crippen LogP contribution < -0.4 is 5.32 Å². The molecule has 7 heteroatoms. The molecule has 0 aromatic heterocycles. The third-order valence-corrected chi connectivity index (χ3v) is 4.33. The number of hydrogen-bond acceptors (Lipinski definition) is 3. The maximum Gasteiger partial charge on any atom is 0.417 e. The van der Waals surface area contributed by atoms with Gasteiger partial charge < -0.3 is 10.1 Å². The van der Waals surface area contributed by atoms with Crippen LogP contribution in [0.5, 0.6) is 0 Å². The molecular weight excluding hydrogens is 373 g/mol. The molecule has 0 amide bonds. The van der Waals surface area contributed by atoms with E-state index in [9.17, 15) is 13.2 Å². The van der Waals surface area contributed by atoms with Gasteiger partial charge in [-0.2, -0.15) is 13.2 Å². The maximum absolute atomic E-state index is 13.1. The Labute approximate surface area is 141 Å². The first-order chi connectivity index (χ1) is 10.9. The van der Waals surface area contributed by atoms with Gasteiger partial charge in [-0.3, -0.25) is 0 Å². The van der Waals surface area contributed by atoms with Gasteiger partial charge in [-0.05, 0) is 38.4 Å². The SMILES string of the molecule is C/C=C(\N=C(OC)C1CCCN1)c1ccc(Br)c(C(F)(F)F)c1. The van der Waals surface area contributed by atoms with Crippen molar-refractivity contribution in [3.05, 3.63) is 39.9 Å². The summed E-state index contributed by atoms with van der Waals surface area (Å²) in [6, 6.07) is 4.09. The molecule has 1 heterocycles. The second-order valence-corrected chi connectivity index (χ2v) is 6.02. The Hall–Kier alpha value is -1.34. The van der Waals surface area contributed by atoms with E-state index >= 15 is 0 Å². The first-order valence-corrected chi connectivity index (χ1v) is 8.05. The quantitative estimate of drug-likeness (QED) is 0.603. The van der Waals surface area contributed by atoms with Crippen LogP contribution in [0.1, 0.15) is 30.9 Å². The molecule has 126 valence electrons. The summed E-state index contributed by atoms with van der Waals surface area (Å²) in [5, 5.41) is 3.26. The monoisotopic (exact) mass is 390 g/mol. The zero-order valence-electron chi connectivity index (χ0n) is 12.9. The molecule has 1 aromatic carbocycles. The van der Waals surface area contributed by atoms with Crippen molar-refractivity contribution in [1.82, 2.24) is 5.32 Å². The fraction of sp³-hybridized carbons (Fsp3) is 0.438. The van der Waals surface area contributed by atoms with Gasteiger partial charge in [0.25, 0.3) is 0 Å². The summed E-state index contributed by atoms with van der Waals surface area (Å²) in [4.78, 5) is 4.43. The summed E-state index contributed by atoms with van der Waals surface area (Å²) >= 11 is 2.95. The highest BCUT2D eigenvalue weighted by Gasteiger charge is 2.33. The molecule has 0 spiro atoms. The van der Waals surface area contributed by atoms with Crippen LogP contribution in [0.2, 0.25) is 0 Å². The van der Waals surface area contributed by atoms with Crippen molar-refractivity contribution in [3.8, 4) is 0 Å². The number of alkyl halides is 3. The third kappa shape index (κ3) is 4.35. The van der Waals surface area contributed by atoms with Gasteiger partial charge >= 0.3 is 6.18 Å². The number of rotatable bonds is 3. The minimum atomic E-state index is -4.42. The van der Waals surface area contributed by atoms with Crippen LogP contribution in [0.4, 0.5) is 13.2 Å². The van der Waals surface area contributed by atoms with Crippen LogP contribution in [0.15, 0.2) is 33.7 Å². The molecule has 0 radical (unpaired) electrons. The average molecular weight is 391 g/mol. The molecule has 3 nitrogen and oxygen atoms in total. The highest BCUT2D eigenvalue weighted by Crippen LogP contribution is 2.36. The number of nitrogens with zero attached hydrogens (tertiary/aromatic N) is 1. The molecule has 1 N–H and O–H groups in total. The molecule has 0 bridgehead atoms. The normalized spacial score (nSPS) is 20.0. The summed E-state index contributed by atoms with van der Waals surface area (Å²) in [7, 11) is 1.52. The molecule has 1 aliphatic heterocycles. The van der Waals surface area contributed by atoms with Crippen LogP contribution in [-0.2, 0) is 10.9 Å². The van der Waals surface area contributed by atoms with Gasteiger partial charge in [0.05, 0.1) is 24.4 Å². The number of methoxy groups -OCH3 is 1. The summed E-state index contributed by atoms with van der Waals surface area (Å²) in [5.41, 5.74) is 0.131. The number of allylic oxidation sites excluding steroid dienone is 1. The summed E-state index contributed by atoms with van der Waals surface area (Å²) in [6.45, 7) is 2.62. The number of ether oxygens (including phenoxy) is 1. The lowest BCUT2D eigenvalue weighted by Crippen LogP contribution is -2.32. The highest BCUT2D eigenvalue weighted by molar-refractivity contribution is 9.10. The fourth-order valence-corrected chi connectivity index (χ4v) is 2.95. The van der Waals surface area contributed by atoms with E-state index in [4.69, 9.17) is 4.74 Å². The Morgan fingerprint density at radius 1 is 1.43 bits per heavy atom. The molecule has 2 rings (SSSR count). The maximum atomic E-state index is 13.1. The van der Waals surface area contributed by atoms with Gasteiger partial charge in [-0.15, -0.1) is 0 Å². The van der Waals surface area contributed by atoms with Crippen molar-refractivity contribution >= 4 is 27.5 Å². The number of nitrogens with one attached hydrogen (secondary N) is 1. The smallest absolute Gasteiger partial charge is 0.417 e. The van der Waals surface area contributed by atoms with E-state index < -0.39 is 11.7 Å². The molecular formula is C16H18BrF3N2O. The number of aliphatic imine (C=N–C) groups is 1. The van der Waals surface area contributed by atoms with Crippen molar-refractivity contribution in [2.45, 2.75) is 32.0 Å². The molecule has 23 heavy (non-hydrogen) atoms. The standard InChI is InChI=1S/C16H18BrF3N2O/c1-3-13(22-15(23-2)14-5-4-8-21-14)10-6-7-12(17)11(9-10)16(18,19)20/h3,6-7,9,14,21H,4-5,8H2,1-2H3/b13-3-,22-15?. The predicted octanol–water partition coefficient (Wildman–Crippen LogP) is 4.63. The van der Waals surface area contributed by atoms with E-state index in [0.717, 1.165) is 25.5 Å². The topological polar surface area (TPSA) is 33.6 Å². The number of halogens is 4. The average Bonchev–Trinajstić information content (AvgIpc) is 3.02. The minimum Gasteiger partial charge on any atom is -0.483 e. The van der Waals surface area contributed by atoms with E-state index in [-0.39, 0.29) is 10.5 Å². The van der Waals surface area contributed by atoms with Crippen LogP contribution >= 0.6 is 15.9 Å². The molecule has 1 atom stereocenters. The van der Waals surface area contributed by atoms with Crippen molar-refractivity contribution in [2.24, 2.45) is 4.99 Å². The minimum absolute atomic E-state index is 0.00693. The van der Waals surface area contributed by atoms with Gasteiger partial charge in [0.2, 0.25) is 5.90 Å². The van der Waals surface area contributed by atoms with Crippen molar-refractivity contribution in [1.29, 1.82) is 0 Å². The first-order valence-electron chi connectivity index (χ1n) is 7.26. The molecule has 1 fully saturated rings. The lowest BCUT2D eigenvalue weighted by Gasteiger charge is -2.15. The summed E-state index contributed by atoms with van der Waals surface area (Å²) in [5.74, 6) is 0.493. The molecule has 1 unspecified atom stereocenters. The molecule has 1 saturated heterocycles. The van der Waals surface area contributed by atoms with Crippen LogP contribution in [0, 0.1) is 0 Å². The van der Waals surface area contributed by atoms with Gasteiger partial charge in [-0.1, -0.05) is 28.1 Å². The Balaban J connectivity index is 2.38. The van der Waals surface area contributed by atoms with E-state index in [1.165, 1.54) is 13.2 Å². The predicted molar refractivity (Wildman–Crippen MR) is 88.3 cm³/mol. The Morgan fingerprint density at radius 3 is 2.70 bits per heavy atom. The van der Waals surface area contributed by atoms with Crippen molar-refractivity contribution < 1.29 is 17.9 Å². The largest absolute Gasteiger partial charge is 0.483 e. The van der Waals surface area contributed by atoms with Gasteiger partial charge in [0.15, 0.2) is 0 Å². The van der Waals surface area contributed by atoms with Crippen LogP contribution in [-0.4, -0.2) is 25.6 Å². The lowest BCUT2D eigenvalue weighted by atomic mass is 10.1. The summed E-state index contributed by atoms with van der Waals surface area (Å²) in [6.07, 6.45) is -0.821. The third-order valence-electron chi connectivity index (χ3n) is 3.64. The number of hydrogen-bond donors (Lipinski definition) is 1. The van der Waals surface area contributed by atoms with E-state index in [1.807, 2.05) is 0 Å². The van der Waals surface area contributed by atoms with Gasteiger partial charge in [0.1, 0.15) is 0 Å². The Kier molecular flexibility index (Phi) is 5.86. The van der Waals surface area contributed by atoms with E-state index in [0.29, 0.717) is 17.2 Å². The zero-order valence-corrected chi connectivity index (χ0v) is 14.5. The number of benzene rings is 1. The van der Waals surface area contributed by atoms with Crippen molar-refractivity contribution in [3.63, 3.8) is 0 Å². The lowest BCUT2D eigenvalue weighted by molar-refractivity contribution is -0.138. The van der Waals surface area contributed by atoms with Crippen LogP contribution in [0.25, 0.3) is 5.70 Å². The van der Waals surface area contributed by atoms with Crippen LogP contribution in [0.3, 0.4) is 0 Å². The fourth-order valence-electron chi connectivity index (χ4n) is 2.48. The highest BCUT2D eigenvalue weighted by atomic mass is 79.9. The molecule has 1 aromatic rings. The summed E-state index contributed by atoms with van der Waals surface area (Å²) < 4.78 is 44.5.